The fourth-order valence-electron chi connectivity index (χ4n) is 3.16. The Morgan fingerprint density at radius 2 is 1.85 bits per heavy atom. The Labute approximate surface area is 197 Å². The number of nitrogens with zero attached hydrogens (tertiary/aromatic N) is 5. The quantitative estimate of drug-likeness (QED) is 0.203. The zero-order valence-corrected chi connectivity index (χ0v) is 19.5. The van der Waals surface area contributed by atoms with Gasteiger partial charge in [0.05, 0.1) is 28.2 Å². The number of benzene rings is 1. The number of nitrogens with one attached hydrogen (secondary N) is 1. The van der Waals surface area contributed by atoms with Gasteiger partial charge in [0.25, 0.3) is 5.69 Å². The highest BCUT2D eigenvalue weighted by atomic mass is 32.2. The minimum absolute atomic E-state index is 0.0579. The maximum Gasteiger partial charge on any atom is 0.340 e. The highest BCUT2D eigenvalue weighted by Crippen LogP contribution is 2.31. The van der Waals surface area contributed by atoms with Gasteiger partial charge in [-0.2, -0.15) is 0 Å². The summed E-state index contributed by atoms with van der Waals surface area (Å²) >= 11 is 0.997. The smallest absolute Gasteiger partial charge is 0.340 e. The number of aryl methyl sites for hydroxylation is 3. The number of non-ortho nitro benzene ring substituents is 1. The zero-order chi connectivity index (χ0) is 25.0. The van der Waals surface area contributed by atoms with Crippen molar-refractivity contribution in [2.45, 2.75) is 30.8 Å². The lowest BCUT2D eigenvalue weighted by molar-refractivity contribution is -0.384. The summed E-state index contributed by atoms with van der Waals surface area (Å²) in [5.41, 5.74) is 0.524. The number of aromatic amines is 1. The van der Waals surface area contributed by atoms with Gasteiger partial charge in [-0.15, -0.1) is 5.10 Å². The summed E-state index contributed by atoms with van der Waals surface area (Å²) in [6.45, 7) is 4.30. The van der Waals surface area contributed by atoms with Crippen LogP contribution in [0.1, 0.15) is 49.4 Å². The molecule has 1 aromatic carbocycles. The fraction of sp³-hybridized carbons (Fsp3) is 0.300. The Bertz CT molecular complexity index is 1280. The fourth-order valence-corrected chi connectivity index (χ4v) is 3.99. The molecule has 0 fully saturated rings. The molecule has 3 rings (SSSR count). The predicted molar refractivity (Wildman–Crippen MR) is 117 cm³/mol. The molecule has 0 saturated carbocycles. The molecule has 2 heterocycles. The molecule has 0 saturated heterocycles. The SMILES string of the molecule is CCOC(=O)c1c(C)[nH]c(C)c1C(=O)COC(=O)c1cc([N+](=O)[O-])ccc1Sc1nnnn1C. The molecular formula is C20H20N6O7S. The number of rotatable bonds is 9. The number of hydrogen-bond donors (Lipinski definition) is 1. The molecule has 34 heavy (non-hydrogen) atoms. The van der Waals surface area contributed by atoms with E-state index in [4.69, 9.17) is 9.47 Å². The zero-order valence-electron chi connectivity index (χ0n) is 18.6. The molecule has 0 spiro atoms. The Hall–Kier alpha value is -4.07. The maximum absolute atomic E-state index is 12.9. The van der Waals surface area contributed by atoms with Crippen LogP contribution in [0.3, 0.4) is 0 Å². The summed E-state index contributed by atoms with van der Waals surface area (Å²) in [6, 6.07) is 3.65. The first-order valence-corrected chi connectivity index (χ1v) is 10.7. The van der Waals surface area contributed by atoms with E-state index < -0.39 is 29.3 Å². The summed E-state index contributed by atoms with van der Waals surface area (Å²) in [5, 5.41) is 22.6. The minimum atomic E-state index is -0.961. The largest absolute Gasteiger partial charge is 0.462 e. The van der Waals surface area contributed by atoms with Crippen LogP contribution in [-0.2, 0) is 16.5 Å². The number of aromatic nitrogens is 5. The van der Waals surface area contributed by atoms with E-state index in [1.807, 2.05) is 0 Å². The number of ketones is 1. The molecule has 0 amide bonds. The number of carbonyl (C=O) groups excluding carboxylic acids is 3. The van der Waals surface area contributed by atoms with E-state index in [1.165, 1.54) is 16.8 Å². The lowest BCUT2D eigenvalue weighted by Crippen LogP contribution is -2.18. The van der Waals surface area contributed by atoms with Crippen molar-refractivity contribution in [1.82, 2.24) is 25.2 Å². The van der Waals surface area contributed by atoms with E-state index in [2.05, 4.69) is 20.5 Å². The van der Waals surface area contributed by atoms with Crippen molar-refractivity contribution in [2.75, 3.05) is 13.2 Å². The monoisotopic (exact) mass is 488 g/mol. The van der Waals surface area contributed by atoms with Gasteiger partial charge >= 0.3 is 11.9 Å². The van der Waals surface area contributed by atoms with Crippen LogP contribution in [0.2, 0.25) is 0 Å². The third kappa shape index (κ3) is 5.11. The number of nitro groups is 1. The van der Waals surface area contributed by atoms with Crippen LogP contribution < -0.4 is 0 Å². The van der Waals surface area contributed by atoms with Crippen LogP contribution in [0.5, 0.6) is 0 Å². The van der Waals surface area contributed by atoms with Gasteiger partial charge in [-0.1, -0.05) is 0 Å². The van der Waals surface area contributed by atoms with Gasteiger partial charge in [0, 0.05) is 35.5 Å². The topological polar surface area (TPSA) is 172 Å². The first kappa shape index (κ1) is 24.6. The van der Waals surface area contributed by atoms with Gasteiger partial charge in [-0.05, 0) is 49.0 Å². The highest BCUT2D eigenvalue weighted by molar-refractivity contribution is 7.99. The Morgan fingerprint density at radius 1 is 1.15 bits per heavy atom. The van der Waals surface area contributed by atoms with Crippen molar-refractivity contribution < 1.29 is 28.8 Å². The van der Waals surface area contributed by atoms with Gasteiger partial charge in [0.15, 0.2) is 6.61 Å². The van der Waals surface area contributed by atoms with Crippen molar-refractivity contribution in [2.24, 2.45) is 7.05 Å². The second kappa shape index (κ2) is 10.2. The number of nitro benzene ring substituents is 1. The summed E-state index contributed by atoms with van der Waals surface area (Å²) in [4.78, 5) is 51.8. The predicted octanol–water partition coefficient (Wildman–Crippen LogP) is 2.43. The first-order chi connectivity index (χ1) is 16.1. The summed E-state index contributed by atoms with van der Waals surface area (Å²) in [5.74, 6) is -2.26. The normalized spacial score (nSPS) is 10.7. The number of tetrazole rings is 1. The number of hydrogen-bond acceptors (Lipinski definition) is 11. The second-order valence-electron chi connectivity index (χ2n) is 6.97. The highest BCUT2D eigenvalue weighted by Gasteiger charge is 2.27. The van der Waals surface area contributed by atoms with Gasteiger partial charge < -0.3 is 14.5 Å². The van der Waals surface area contributed by atoms with Gasteiger partial charge in [-0.25, -0.2) is 14.3 Å². The molecule has 3 aromatic rings. The van der Waals surface area contributed by atoms with Gasteiger partial charge in [-0.3, -0.25) is 14.9 Å². The van der Waals surface area contributed by atoms with Crippen molar-refractivity contribution in [3.05, 3.63) is 56.4 Å². The Morgan fingerprint density at radius 3 is 2.47 bits per heavy atom. The average molecular weight is 488 g/mol. The van der Waals surface area contributed by atoms with E-state index in [0.29, 0.717) is 21.4 Å². The molecule has 0 bridgehead atoms. The number of Topliss-reactive ketones (excluding diaryl/α,β-unsaturated/α-hetero) is 1. The number of ether oxygens (including phenoxy) is 2. The van der Waals surface area contributed by atoms with Crippen LogP contribution in [0, 0.1) is 24.0 Å². The Kier molecular flexibility index (Phi) is 7.40. The maximum atomic E-state index is 12.9. The van der Waals surface area contributed by atoms with Gasteiger partial charge in [0.1, 0.15) is 0 Å². The minimum Gasteiger partial charge on any atom is -0.462 e. The molecule has 0 aliphatic heterocycles. The van der Waals surface area contributed by atoms with Crippen LogP contribution in [0.25, 0.3) is 0 Å². The molecule has 14 heteroatoms. The lowest BCUT2D eigenvalue weighted by Gasteiger charge is -2.09. The second-order valence-corrected chi connectivity index (χ2v) is 7.98. The van der Waals surface area contributed by atoms with E-state index in [9.17, 15) is 24.5 Å². The summed E-state index contributed by atoms with van der Waals surface area (Å²) in [6.07, 6.45) is 0. The molecule has 178 valence electrons. The molecular weight excluding hydrogens is 468 g/mol. The third-order valence-corrected chi connectivity index (χ3v) is 5.75. The summed E-state index contributed by atoms with van der Waals surface area (Å²) < 4.78 is 11.6. The Balaban J connectivity index is 1.85. The number of carbonyl (C=O) groups is 3. The van der Waals surface area contributed by atoms with Crippen molar-refractivity contribution in [1.29, 1.82) is 0 Å². The summed E-state index contributed by atoms with van der Waals surface area (Å²) in [7, 11) is 1.59. The van der Waals surface area contributed by atoms with Crippen LogP contribution in [-0.4, -0.2) is 61.1 Å². The molecule has 1 N–H and O–H groups in total. The molecule has 0 atom stereocenters. The standard InChI is InChI=1S/C20H20N6O7S/c1-5-32-19(29)17-11(3)21-10(2)16(17)14(27)9-33-18(28)13-8-12(26(30)31)6-7-15(13)34-20-22-23-24-25(20)4/h6-8,21H,5,9H2,1-4H3. The van der Waals surface area contributed by atoms with E-state index >= 15 is 0 Å². The third-order valence-electron chi connectivity index (χ3n) is 4.64. The van der Waals surface area contributed by atoms with Crippen LogP contribution in [0.4, 0.5) is 5.69 Å². The molecule has 2 aromatic heterocycles. The molecule has 13 nitrogen and oxygen atoms in total. The number of H-pyrrole nitrogens is 1. The van der Waals surface area contributed by atoms with E-state index in [1.54, 1.807) is 27.8 Å². The van der Waals surface area contributed by atoms with Crippen molar-refractivity contribution >= 4 is 35.2 Å². The molecule has 0 unspecified atom stereocenters. The van der Waals surface area contributed by atoms with Crippen LogP contribution in [0.15, 0.2) is 28.3 Å². The van der Waals surface area contributed by atoms with E-state index in [-0.39, 0.29) is 29.0 Å². The molecule has 0 radical (unpaired) electrons. The van der Waals surface area contributed by atoms with Crippen LogP contribution >= 0.6 is 11.8 Å². The van der Waals surface area contributed by atoms with Gasteiger partial charge in [0.2, 0.25) is 10.9 Å². The molecule has 0 aliphatic carbocycles. The first-order valence-electron chi connectivity index (χ1n) is 9.89. The van der Waals surface area contributed by atoms with E-state index in [0.717, 1.165) is 17.8 Å². The van der Waals surface area contributed by atoms with Crippen molar-refractivity contribution in [3.63, 3.8) is 0 Å². The number of esters is 2. The molecule has 0 aliphatic rings. The lowest BCUT2D eigenvalue weighted by atomic mass is 10.1. The average Bonchev–Trinajstić information content (AvgIpc) is 3.33. The van der Waals surface area contributed by atoms with Crippen molar-refractivity contribution in [3.8, 4) is 0 Å².